The summed E-state index contributed by atoms with van der Waals surface area (Å²) in [6.07, 6.45) is 0.907. The quantitative estimate of drug-likeness (QED) is 0.861. The number of furan rings is 1. The lowest BCUT2D eigenvalue weighted by Crippen LogP contribution is -2.00. The van der Waals surface area contributed by atoms with Crippen LogP contribution in [0.5, 0.6) is 5.75 Å². The van der Waals surface area contributed by atoms with Gasteiger partial charge in [0.05, 0.1) is 6.54 Å². The third-order valence-corrected chi connectivity index (χ3v) is 3.15. The van der Waals surface area contributed by atoms with Crippen LogP contribution in [0.2, 0.25) is 0 Å². The Kier molecular flexibility index (Phi) is 3.60. The van der Waals surface area contributed by atoms with Gasteiger partial charge in [-0.15, -0.1) is 0 Å². The molecule has 0 bridgehead atoms. The minimum absolute atomic E-state index is 0.355. The smallest absolute Gasteiger partial charge is 0.123 e. The van der Waals surface area contributed by atoms with Crippen LogP contribution in [0.4, 0.5) is 5.69 Å². The maximum absolute atomic E-state index is 9.86. The Bertz CT molecular complexity index is 543. The second kappa shape index (κ2) is 5.17. The first-order valence-corrected chi connectivity index (χ1v) is 6.22. The Morgan fingerprint density at radius 1 is 1.11 bits per heavy atom. The molecule has 3 heteroatoms. The Hall–Kier alpha value is -1.90. The molecule has 3 nitrogen and oxygen atoms in total. The Labute approximate surface area is 107 Å². The Balaban J connectivity index is 2.08. The number of anilines is 1. The highest BCUT2D eigenvalue weighted by atomic mass is 16.3. The molecule has 0 aliphatic rings. The SMILES string of the molecule is CCc1ccc(CNc2ccc(C)c(O)c2C)o1. The molecule has 1 aromatic carbocycles. The Morgan fingerprint density at radius 2 is 1.83 bits per heavy atom. The number of phenols is 1. The lowest BCUT2D eigenvalue weighted by molar-refractivity contribution is 0.466. The van der Waals surface area contributed by atoms with Crippen molar-refractivity contribution in [1.29, 1.82) is 0 Å². The van der Waals surface area contributed by atoms with Gasteiger partial charge in [0.15, 0.2) is 0 Å². The molecule has 0 aliphatic heterocycles. The van der Waals surface area contributed by atoms with E-state index in [0.29, 0.717) is 12.3 Å². The number of nitrogens with one attached hydrogen (secondary N) is 1. The number of benzene rings is 1. The zero-order chi connectivity index (χ0) is 13.1. The lowest BCUT2D eigenvalue weighted by Gasteiger charge is -2.11. The van der Waals surface area contributed by atoms with Crippen LogP contribution in [0.15, 0.2) is 28.7 Å². The second-order valence-electron chi connectivity index (χ2n) is 4.48. The van der Waals surface area contributed by atoms with E-state index in [1.807, 2.05) is 38.1 Å². The first-order valence-electron chi connectivity index (χ1n) is 6.22. The van der Waals surface area contributed by atoms with Gasteiger partial charge in [-0.05, 0) is 37.6 Å². The van der Waals surface area contributed by atoms with Gasteiger partial charge in [0.2, 0.25) is 0 Å². The van der Waals surface area contributed by atoms with Crippen LogP contribution >= 0.6 is 0 Å². The molecule has 0 atom stereocenters. The molecule has 0 amide bonds. The average molecular weight is 245 g/mol. The summed E-state index contributed by atoms with van der Waals surface area (Å²) >= 11 is 0. The zero-order valence-corrected chi connectivity index (χ0v) is 11.1. The summed E-state index contributed by atoms with van der Waals surface area (Å²) < 4.78 is 5.62. The fourth-order valence-corrected chi connectivity index (χ4v) is 1.92. The minimum Gasteiger partial charge on any atom is -0.507 e. The summed E-state index contributed by atoms with van der Waals surface area (Å²) in [7, 11) is 0. The fraction of sp³-hybridized carbons (Fsp3) is 0.333. The van der Waals surface area contributed by atoms with Gasteiger partial charge in [0.25, 0.3) is 0 Å². The van der Waals surface area contributed by atoms with E-state index in [2.05, 4.69) is 12.2 Å². The van der Waals surface area contributed by atoms with E-state index in [0.717, 1.165) is 34.8 Å². The second-order valence-corrected chi connectivity index (χ2v) is 4.48. The van der Waals surface area contributed by atoms with Crippen LogP contribution in [0.25, 0.3) is 0 Å². The van der Waals surface area contributed by atoms with E-state index in [-0.39, 0.29) is 0 Å². The first-order chi connectivity index (χ1) is 8.61. The monoisotopic (exact) mass is 245 g/mol. The molecule has 0 radical (unpaired) electrons. The largest absolute Gasteiger partial charge is 0.507 e. The van der Waals surface area contributed by atoms with E-state index in [9.17, 15) is 5.11 Å². The number of hydrogen-bond acceptors (Lipinski definition) is 3. The summed E-state index contributed by atoms with van der Waals surface area (Å²) in [6, 6.07) is 7.87. The number of aromatic hydroxyl groups is 1. The topological polar surface area (TPSA) is 45.4 Å². The standard InChI is InChI=1S/C15H19NO2/c1-4-12-6-7-13(18-12)9-16-14-8-5-10(2)15(17)11(14)3/h5-8,16-17H,4,9H2,1-3H3. The fourth-order valence-electron chi connectivity index (χ4n) is 1.92. The summed E-state index contributed by atoms with van der Waals surface area (Å²) in [6.45, 7) is 6.50. The van der Waals surface area contributed by atoms with E-state index >= 15 is 0 Å². The van der Waals surface area contributed by atoms with Crippen LogP contribution in [0, 0.1) is 13.8 Å². The molecule has 0 aliphatic carbocycles. The third kappa shape index (κ3) is 2.50. The molecular formula is C15H19NO2. The zero-order valence-electron chi connectivity index (χ0n) is 11.1. The molecule has 0 unspecified atom stereocenters. The van der Waals surface area contributed by atoms with Crippen molar-refractivity contribution in [3.05, 3.63) is 46.9 Å². The van der Waals surface area contributed by atoms with Crippen molar-refractivity contribution in [3.63, 3.8) is 0 Å². The van der Waals surface area contributed by atoms with Gasteiger partial charge in [-0.3, -0.25) is 0 Å². The minimum atomic E-state index is 0.355. The van der Waals surface area contributed by atoms with Crippen LogP contribution < -0.4 is 5.32 Å². The van der Waals surface area contributed by atoms with Gasteiger partial charge in [-0.2, -0.15) is 0 Å². The summed E-state index contributed by atoms with van der Waals surface area (Å²) in [4.78, 5) is 0. The number of rotatable bonds is 4. The van der Waals surface area contributed by atoms with Gasteiger partial charge in [0.1, 0.15) is 17.3 Å². The normalized spacial score (nSPS) is 10.6. The van der Waals surface area contributed by atoms with Crippen LogP contribution in [0.1, 0.15) is 29.6 Å². The highest BCUT2D eigenvalue weighted by Crippen LogP contribution is 2.28. The first kappa shape index (κ1) is 12.6. The molecule has 2 aromatic rings. The molecule has 96 valence electrons. The predicted octanol–water partition coefficient (Wildman–Crippen LogP) is 3.78. The van der Waals surface area contributed by atoms with E-state index < -0.39 is 0 Å². The lowest BCUT2D eigenvalue weighted by atomic mass is 10.1. The van der Waals surface area contributed by atoms with Crippen molar-refractivity contribution in [2.45, 2.75) is 33.7 Å². The van der Waals surface area contributed by atoms with E-state index in [1.54, 1.807) is 0 Å². The molecular weight excluding hydrogens is 226 g/mol. The van der Waals surface area contributed by atoms with E-state index in [1.165, 1.54) is 0 Å². The number of aryl methyl sites for hydroxylation is 2. The van der Waals surface area contributed by atoms with Gasteiger partial charge in [0, 0.05) is 17.7 Å². The van der Waals surface area contributed by atoms with Crippen LogP contribution in [-0.2, 0) is 13.0 Å². The van der Waals surface area contributed by atoms with Crippen molar-refractivity contribution < 1.29 is 9.52 Å². The number of phenolic OH excluding ortho intramolecular Hbond substituents is 1. The molecule has 2 N–H and O–H groups in total. The molecule has 1 heterocycles. The van der Waals surface area contributed by atoms with Crippen molar-refractivity contribution in [3.8, 4) is 5.75 Å². The van der Waals surface area contributed by atoms with Gasteiger partial charge >= 0.3 is 0 Å². The van der Waals surface area contributed by atoms with Crippen LogP contribution in [-0.4, -0.2) is 5.11 Å². The maximum atomic E-state index is 9.86. The van der Waals surface area contributed by atoms with Crippen molar-refractivity contribution in [1.82, 2.24) is 0 Å². The third-order valence-electron chi connectivity index (χ3n) is 3.15. The maximum Gasteiger partial charge on any atom is 0.123 e. The molecule has 0 saturated carbocycles. The summed E-state index contributed by atoms with van der Waals surface area (Å²) in [5.41, 5.74) is 2.70. The van der Waals surface area contributed by atoms with Crippen LogP contribution in [0.3, 0.4) is 0 Å². The highest BCUT2D eigenvalue weighted by molar-refractivity contribution is 5.59. The predicted molar refractivity (Wildman–Crippen MR) is 73.0 cm³/mol. The summed E-state index contributed by atoms with van der Waals surface area (Å²) in [5.74, 6) is 2.26. The van der Waals surface area contributed by atoms with Crippen molar-refractivity contribution >= 4 is 5.69 Å². The van der Waals surface area contributed by atoms with Gasteiger partial charge in [-0.25, -0.2) is 0 Å². The molecule has 0 saturated heterocycles. The molecule has 0 spiro atoms. The Morgan fingerprint density at radius 3 is 2.50 bits per heavy atom. The summed E-state index contributed by atoms with van der Waals surface area (Å²) in [5, 5.41) is 13.1. The van der Waals surface area contributed by atoms with Gasteiger partial charge < -0.3 is 14.8 Å². The number of hydrogen-bond donors (Lipinski definition) is 2. The molecule has 2 rings (SSSR count). The average Bonchev–Trinajstić information content (AvgIpc) is 2.83. The molecule has 0 fully saturated rings. The van der Waals surface area contributed by atoms with Gasteiger partial charge in [-0.1, -0.05) is 13.0 Å². The molecule has 1 aromatic heterocycles. The van der Waals surface area contributed by atoms with E-state index in [4.69, 9.17) is 4.42 Å². The molecule has 18 heavy (non-hydrogen) atoms. The van der Waals surface area contributed by atoms with Crippen molar-refractivity contribution in [2.75, 3.05) is 5.32 Å². The highest BCUT2D eigenvalue weighted by Gasteiger charge is 2.06. The van der Waals surface area contributed by atoms with Crippen molar-refractivity contribution in [2.24, 2.45) is 0 Å².